The minimum Gasteiger partial charge on any atom is -0.485 e. The van der Waals surface area contributed by atoms with Gasteiger partial charge in [-0.3, -0.25) is 4.57 Å². The molecule has 1 aliphatic rings. The monoisotopic (exact) mass is 433 g/mol. The SMILES string of the molecule is C=CCn1c(SCc2nnc(-c3ccccc3)o2)nnc1[C@H]1COc2ccccc2O1. The molecule has 31 heavy (non-hydrogen) atoms. The molecule has 5 rings (SSSR count). The van der Waals surface area contributed by atoms with Crippen LogP contribution >= 0.6 is 11.8 Å². The summed E-state index contributed by atoms with van der Waals surface area (Å²) in [6, 6.07) is 17.3. The zero-order valence-electron chi connectivity index (χ0n) is 16.5. The molecule has 0 bridgehead atoms. The Morgan fingerprint density at radius 1 is 1.00 bits per heavy atom. The minimum absolute atomic E-state index is 0.357. The molecule has 1 atom stereocenters. The van der Waals surface area contributed by atoms with E-state index >= 15 is 0 Å². The highest BCUT2D eigenvalue weighted by Gasteiger charge is 2.28. The standard InChI is InChI=1S/C22H19N5O3S/c1-2-12-27-20(18-13-28-16-10-6-7-11-17(16)29-18)24-26-22(27)31-14-19-23-25-21(30-19)15-8-4-3-5-9-15/h2-11,18H,1,12-14H2/t18-/m1/s1. The highest BCUT2D eigenvalue weighted by molar-refractivity contribution is 7.98. The van der Waals surface area contributed by atoms with Gasteiger partial charge in [-0.15, -0.1) is 27.0 Å². The summed E-state index contributed by atoms with van der Waals surface area (Å²) >= 11 is 1.47. The van der Waals surface area contributed by atoms with Crippen LogP contribution in [0.4, 0.5) is 0 Å². The van der Waals surface area contributed by atoms with E-state index in [0.717, 1.165) is 16.5 Å². The van der Waals surface area contributed by atoms with Gasteiger partial charge in [-0.1, -0.05) is 48.2 Å². The second kappa shape index (κ2) is 8.65. The Hall–Kier alpha value is -3.59. The number of nitrogens with zero attached hydrogens (tertiary/aromatic N) is 5. The number of fused-ring (bicyclic) bond motifs is 1. The Balaban J connectivity index is 1.32. The molecule has 0 amide bonds. The van der Waals surface area contributed by atoms with E-state index < -0.39 is 0 Å². The number of hydrogen-bond donors (Lipinski definition) is 0. The molecule has 0 fully saturated rings. The quantitative estimate of drug-likeness (QED) is 0.315. The van der Waals surface area contributed by atoms with Crippen LogP contribution < -0.4 is 9.47 Å². The van der Waals surface area contributed by atoms with Crippen LogP contribution in [0, 0.1) is 0 Å². The molecule has 9 heteroatoms. The molecule has 156 valence electrons. The Labute approximate surface area is 182 Å². The smallest absolute Gasteiger partial charge is 0.247 e. The van der Waals surface area contributed by atoms with Crippen LogP contribution in [0.15, 0.2) is 76.8 Å². The predicted molar refractivity (Wildman–Crippen MR) is 115 cm³/mol. The lowest BCUT2D eigenvalue weighted by Gasteiger charge is -2.26. The first-order valence-corrected chi connectivity index (χ1v) is 10.7. The van der Waals surface area contributed by atoms with Crippen molar-refractivity contribution in [1.82, 2.24) is 25.0 Å². The highest BCUT2D eigenvalue weighted by Crippen LogP contribution is 2.36. The summed E-state index contributed by atoms with van der Waals surface area (Å²) in [5.41, 5.74) is 0.887. The Bertz CT molecular complexity index is 1190. The van der Waals surface area contributed by atoms with Crippen molar-refractivity contribution in [3.63, 3.8) is 0 Å². The van der Waals surface area contributed by atoms with Crippen LogP contribution in [-0.4, -0.2) is 31.6 Å². The molecule has 0 saturated carbocycles. The van der Waals surface area contributed by atoms with E-state index in [4.69, 9.17) is 13.9 Å². The van der Waals surface area contributed by atoms with Crippen molar-refractivity contribution in [2.75, 3.05) is 6.61 Å². The van der Waals surface area contributed by atoms with Gasteiger partial charge in [-0.25, -0.2) is 0 Å². The van der Waals surface area contributed by atoms with Gasteiger partial charge >= 0.3 is 0 Å². The van der Waals surface area contributed by atoms with E-state index in [9.17, 15) is 0 Å². The fraction of sp³-hybridized carbons (Fsp3) is 0.182. The second-order valence-corrected chi connectivity index (χ2v) is 7.70. The van der Waals surface area contributed by atoms with E-state index in [1.54, 1.807) is 6.08 Å². The lowest BCUT2D eigenvalue weighted by Crippen LogP contribution is -2.25. The number of hydrogen-bond acceptors (Lipinski definition) is 8. The van der Waals surface area contributed by atoms with Gasteiger partial charge in [0.2, 0.25) is 11.8 Å². The number of ether oxygens (including phenoxy) is 2. The molecule has 0 aliphatic carbocycles. The third-order valence-electron chi connectivity index (χ3n) is 4.67. The molecule has 2 aromatic carbocycles. The lowest BCUT2D eigenvalue weighted by atomic mass is 10.2. The average molecular weight is 433 g/mol. The Morgan fingerprint density at radius 2 is 1.81 bits per heavy atom. The molecular formula is C22H19N5O3S. The van der Waals surface area contributed by atoms with E-state index in [-0.39, 0.29) is 6.10 Å². The maximum Gasteiger partial charge on any atom is 0.247 e. The summed E-state index contributed by atoms with van der Waals surface area (Å²) in [4.78, 5) is 0. The van der Waals surface area contributed by atoms with Crippen molar-refractivity contribution in [2.45, 2.75) is 23.6 Å². The maximum atomic E-state index is 6.10. The number of para-hydroxylation sites is 2. The molecule has 0 radical (unpaired) electrons. The summed E-state index contributed by atoms with van der Waals surface area (Å²) in [6.07, 6.45) is 1.44. The Kier molecular flexibility index (Phi) is 5.40. The molecular weight excluding hydrogens is 414 g/mol. The van der Waals surface area contributed by atoms with Crippen LogP contribution in [0.2, 0.25) is 0 Å². The van der Waals surface area contributed by atoms with E-state index in [0.29, 0.717) is 42.3 Å². The summed E-state index contributed by atoms with van der Waals surface area (Å²) in [6.45, 7) is 4.76. The first-order chi connectivity index (χ1) is 15.3. The predicted octanol–water partition coefficient (Wildman–Crippen LogP) is 4.32. The Morgan fingerprint density at radius 3 is 2.65 bits per heavy atom. The molecule has 0 spiro atoms. The first kappa shape index (κ1) is 19.4. The van der Waals surface area contributed by atoms with Gasteiger partial charge in [0.25, 0.3) is 0 Å². The van der Waals surface area contributed by atoms with Crippen LogP contribution in [-0.2, 0) is 12.3 Å². The van der Waals surface area contributed by atoms with Crippen molar-refractivity contribution >= 4 is 11.8 Å². The minimum atomic E-state index is -0.357. The maximum absolute atomic E-state index is 6.10. The van der Waals surface area contributed by atoms with Crippen molar-refractivity contribution in [3.8, 4) is 23.0 Å². The van der Waals surface area contributed by atoms with Crippen LogP contribution in [0.3, 0.4) is 0 Å². The van der Waals surface area contributed by atoms with Crippen molar-refractivity contribution in [3.05, 3.63) is 79.0 Å². The molecule has 3 heterocycles. The summed E-state index contributed by atoms with van der Waals surface area (Å²) in [7, 11) is 0. The molecule has 4 aromatic rings. The van der Waals surface area contributed by atoms with Crippen LogP contribution in [0.5, 0.6) is 11.5 Å². The molecule has 8 nitrogen and oxygen atoms in total. The van der Waals surface area contributed by atoms with Gasteiger partial charge in [0.1, 0.15) is 6.61 Å². The zero-order valence-corrected chi connectivity index (χ0v) is 17.4. The number of thioether (sulfide) groups is 1. The topological polar surface area (TPSA) is 88.1 Å². The number of benzene rings is 2. The van der Waals surface area contributed by atoms with Gasteiger partial charge in [0, 0.05) is 12.1 Å². The number of aromatic nitrogens is 5. The van der Waals surface area contributed by atoms with Crippen molar-refractivity contribution in [2.24, 2.45) is 0 Å². The average Bonchev–Trinajstić information content (AvgIpc) is 3.45. The van der Waals surface area contributed by atoms with Crippen molar-refractivity contribution < 1.29 is 13.9 Å². The van der Waals surface area contributed by atoms with E-state index in [1.807, 2.05) is 59.2 Å². The third-order valence-corrected chi connectivity index (χ3v) is 5.62. The number of rotatable bonds is 7. The summed E-state index contributed by atoms with van der Waals surface area (Å²) in [5, 5.41) is 17.7. The normalized spacial score (nSPS) is 15.0. The molecule has 0 unspecified atom stereocenters. The number of allylic oxidation sites excluding steroid dienone is 1. The van der Waals surface area contributed by atoms with Gasteiger partial charge in [0.05, 0.1) is 5.75 Å². The highest BCUT2D eigenvalue weighted by atomic mass is 32.2. The van der Waals surface area contributed by atoms with Crippen LogP contribution in [0.1, 0.15) is 17.8 Å². The fourth-order valence-electron chi connectivity index (χ4n) is 3.23. The fourth-order valence-corrected chi connectivity index (χ4v) is 4.02. The van der Waals surface area contributed by atoms with E-state index in [1.165, 1.54) is 11.8 Å². The second-order valence-electron chi connectivity index (χ2n) is 6.76. The van der Waals surface area contributed by atoms with Crippen LogP contribution in [0.25, 0.3) is 11.5 Å². The van der Waals surface area contributed by atoms with Gasteiger partial charge in [0.15, 0.2) is 28.6 Å². The van der Waals surface area contributed by atoms with Gasteiger partial charge in [-0.05, 0) is 24.3 Å². The molecule has 0 saturated heterocycles. The molecule has 0 N–H and O–H groups in total. The summed E-state index contributed by atoms with van der Waals surface area (Å²) < 4.78 is 19.7. The molecule has 2 aromatic heterocycles. The van der Waals surface area contributed by atoms with Gasteiger partial charge in [-0.2, -0.15) is 0 Å². The lowest BCUT2D eigenvalue weighted by molar-refractivity contribution is 0.0821. The zero-order chi connectivity index (χ0) is 21.0. The largest absolute Gasteiger partial charge is 0.485 e. The van der Waals surface area contributed by atoms with Crippen molar-refractivity contribution in [1.29, 1.82) is 0 Å². The molecule has 1 aliphatic heterocycles. The summed E-state index contributed by atoms with van der Waals surface area (Å²) in [5.74, 6) is 3.60. The van der Waals surface area contributed by atoms with E-state index in [2.05, 4.69) is 27.0 Å². The van der Waals surface area contributed by atoms with Gasteiger partial charge < -0.3 is 13.9 Å². The third kappa shape index (κ3) is 4.04. The first-order valence-electron chi connectivity index (χ1n) is 9.75.